The number of hydrogen-bond donors (Lipinski definition) is 0. The summed E-state index contributed by atoms with van der Waals surface area (Å²) in [5.41, 5.74) is 0.942. The van der Waals surface area contributed by atoms with Gasteiger partial charge in [-0.3, -0.25) is 4.98 Å². The van der Waals surface area contributed by atoms with Crippen LogP contribution in [0.15, 0.2) is 47.2 Å². The zero-order valence-electron chi connectivity index (χ0n) is 10.2. The molecule has 2 aromatic rings. The molecule has 6 heteroatoms. The molecule has 0 saturated heterocycles. The summed E-state index contributed by atoms with van der Waals surface area (Å²) < 4.78 is 38.9. The van der Waals surface area contributed by atoms with Crippen LogP contribution in [0.5, 0.6) is 0 Å². The van der Waals surface area contributed by atoms with Crippen molar-refractivity contribution in [2.24, 2.45) is 0 Å². The second-order valence-corrected chi connectivity index (χ2v) is 6.22. The Morgan fingerprint density at radius 2 is 1.75 bits per heavy atom. The number of rotatable bonds is 3. The Kier molecular flexibility index (Phi) is 4.86. The molecular weight excluding hydrogens is 399 g/mol. The standard InChI is InChI=1S/C14H10Br2F3N/c15-12-2-1-10(14(17,18)19)8-11(12)13(16)7-9-3-5-20-6-4-9/h1-6,8,13H,7H2. The molecule has 0 amide bonds. The van der Waals surface area contributed by atoms with E-state index < -0.39 is 11.7 Å². The second kappa shape index (κ2) is 6.26. The quantitative estimate of drug-likeness (QED) is 0.607. The largest absolute Gasteiger partial charge is 0.416 e. The van der Waals surface area contributed by atoms with E-state index in [0.29, 0.717) is 16.5 Å². The van der Waals surface area contributed by atoms with Gasteiger partial charge in [-0.25, -0.2) is 0 Å². The molecule has 0 N–H and O–H groups in total. The highest BCUT2D eigenvalue weighted by Crippen LogP contribution is 2.37. The zero-order chi connectivity index (χ0) is 14.8. The Hall–Kier alpha value is -0.880. The van der Waals surface area contributed by atoms with Crippen LogP contribution in [0.2, 0.25) is 0 Å². The van der Waals surface area contributed by atoms with E-state index in [0.717, 1.165) is 11.6 Å². The fourth-order valence-corrected chi connectivity index (χ4v) is 3.38. The van der Waals surface area contributed by atoms with Crippen LogP contribution >= 0.6 is 31.9 Å². The highest BCUT2D eigenvalue weighted by molar-refractivity contribution is 9.11. The molecule has 0 radical (unpaired) electrons. The monoisotopic (exact) mass is 407 g/mol. The van der Waals surface area contributed by atoms with Crippen molar-refractivity contribution in [1.29, 1.82) is 0 Å². The molecule has 1 nitrogen and oxygen atoms in total. The molecule has 1 aromatic carbocycles. The third kappa shape index (κ3) is 3.82. The summed E-state index contributed by atoms with van der Waals surface area (Å²) in [6.07, 6.45) is -0.423. The van der Waals surface area contributed by atoms with Gasteiger partial charge in [-0.05, 0) is 47.9 Å². The molecule has 0 saturated carbocycles. The number of pyridine rings is 1. The summed E-state index contributed by atoms with van der Waals surface area (Å²) in [6, 6.07) is 7.36. The van der Waals surface area contributed by atoms with E-state index in [9.17, 15) is 13.2 Å². The van der Waals surface area contributed by atoms with Gasteiger partial charge in [0.05, 0.1) is 5.56 Å². The highest BCUT2D eigenvalue weighted by atomic mass is 79.9. The normalized spacial score (nSPS) is 13.2. The van der Waals surface area contributed by atoms with Gasteiger partial charge in [-0.2, -0.15) is 13.2 Å². The third-order valence-electron chi connectivity index (χ3n) is 2.83. The molecule has 0 aliphatic rings. The third-order valence-corrected chi connectivity index (χ3v) is 4.36. The van der Waals surface area contributed by atoms with Gasteiger partial charge in [-0.1, -0.05) is 31.9 Å². The lowest BCUT2D eigenvalue weighted by atomic mass is 10.0. The minimum atomic E-state index is -4.33. The SMILES string of the molecule is FC(F)(F)c1ccc(Br)c(C(Br)Cc2ccncc2)c1. The van der Waals surface area contributed by atoms with E-state index in [1.807, 2.05) is 12.1 Å². The molecule has 0 aliphatic heterocycles. The van der Waals surface area contributed by atoms with Crippen molar-refractivity contribution >= 4 is 31.9 Å². The van der Waals surface area contributed by atoms with E-state index in [2.05, 4.69) is 36.8 Å². The zero-order valence-corrected chi connectivity index (χ0v) is 13.3. The lowest BCUT2D eigenvalue weighted by Crippen LogP contribution is -2.07. The Bertz CT molecular complexity index is 585. The number of nitrogens with zero attached hydrogens (tertiary/aromatic N) is 1. The summed E-state index contributed by atoms with van der Waals surface area (Å²) >= 11 is 6.76. The smallest absolute Gasteiger partial charge is 0.265 e. The van der Waals surface area contributed by atoms with E-state index >= 15 is 0 Å². The number of benzene rings is 1. The Labute approximate surface area is 131 Å². The Morgan fingerprint density at radius 1 is 1.10 bits per heavy atom. The van der Waals surface area contributed by atoms with Crippen LogP contribution in [0.1, 0.15) is 21.5 Å². The number of aromatic nitrogens is 1. The summed E-state index contributed by atoms with van der Waals surface area (Å²) in [7, 11) is 0. The maximum Gasteiger partial charge on any atom is 0.416 e. The van der Waals surface area contributed by atoms with Crippen LogP contribution in [-0.2, 0) is 12.6 Å². The van der Waals surface area contributed by atoms with Crippen LogP contribution in [0, 0.1) is 0 Å². The van der Waals surface area contributed by atoms with Gasteiger partial charge >= 0.3 is 6.18 Å². The van der Waals surface area contributed by atoms with E-state index in [4.69, 9.17) is 0 Å². The van der Waals surface area contributed by atoms with Crippen molar-refractivity contribution in [3.63, 3.8) is 0 Å². The van der Waals surface area contributed by atoms with Gasteiger partial charge in [0.15, 0.2) is 0 Å². The predicted molar refractivity (Wildman–Crippen MR) is 78.8 cm³/mol. The molecule has 0 spiro atoms. The molecule has 0 aliphatic carbocycles. The molecule has 20 heavy (non-hydrogen) atoms. The van der Waals surface area contributed by atoms with Crippen molar-refractivity contribution in [2.45, 2.75) is 17.4 Å². The molecule has 1 atom stereocenters. The first kappa shape index (κ1) is 15.5. The maximum absolute atomic E-state index is 12.8. The van der Waals surface area contributed by atoms with E-state index in [1.54, 1.807) is 12.4 Å². The van der Waals surface area contributed by atoms with Crippen molar-refractivity contribution in [3.8, 4) is 0 Å². The highest BCUT2D eigenvalue weighted by Gasteiger charge is 2.31. The number of halogens is 5. The van der Waals surface area contributed by atoms with Crippen molar-refractivity contribution in [3.05, 3.63) is 63.9 Å². The average Bonchev–Trinajstić information content (AvgIpc) is 2.39. The topological polar surface area (TPSA) is 12.9 Å². The van der Waals surface area contributed by atoms with Gasteiger partial charge in [0, 0.05) is 21.7 Å². The lowest BCUT2D eigenvalue weighted by molar-refractivity contribution is -0.137. The van der Waals surface area contributed by atoms with E-state index in [-0.39, 0.29) is 4.83 Å². The first-order valence-corrected chi connectivity index (χ1v) is 7.48. The number of hydrogen-bond acceptors (Lipinski definition) is 1. The fraction of sp³-hybridized carbons (Fsp3) is 0.214. The minimum Gasteiger partial charge on any atom is -0.265 e. The molecule has 2 rings (SSSR count). The molecule has 1 heterocycles. The first-order valence-electron chi connectivity index (χ1n) is 5.77. The van der Waals surface area contributed by atoms with Crippen LogP contribution in [-0.4, -0.2) is 4.98 Å². The molecule has 1 unspecified atom stereocenters. The van der Waals surface area contributed by atoms with Gasteiger partial charge in [-0.15, -0.1) is 0 Å². The Morgan fingerprint density at radius 3 is 2.35 bits per heavy atom. The summed E-state index contributed by atoms with van der Waals surface area (Å²) in [5.74, 6) is 0. The van der Waals surface area contributed by atoms with Crippen LogP contribution < -0.4 is 0 Å². The van der Waals surface area contributed by atoms with Crippen LogP contribution in [0.3, 0.4) is 0 Å². The molecule has 1 aromatic heterocycles. The molecule has 106 valence electrons. The fourth-order valence-electron chi connectivity index (χ4n) is 1.80. The van der Waals surface area contributed by atoms with Crippen LogP contribution in [0.25, 0.3) is 0 Å². The Balaban J connectivity index is 2.27. The van der Waals surface area contributed by atoms with Crippen molar-refractivity contribution in [2.75, 3.05) is 0 Å². The van der Waals surface area contributed by atoms with E-state index in [1.165, 1.54) is 12.1 Å². The lowest BCUT2D eigenvalue weighted by Gasteiger charge is -2.15. The van der Waals surface area contributed by atoms with Crippen molar-refractivity contribution in [1.82, 2.24) is 4.98 Å². The minimum absolute atomic E-state index is 0.207. The predicted octanol–water partition coefficient (Wildman–Crippen LogP) is 5.54. The van der Waals surface area contributed by atoms with Crippen molar-refractivity contribution < 1.29 is 13.2 Å². The van der Waals surface area contributed by atoms with Crippen LogP contribution in [0.4, 0.5) is 13.2 Å². The summed E-state index contributed by atoms with van der Waals surface area (Å²) in [5, 5.41) is 0. The molecule has 0 fully saturated rings. The number of alkyl halides is 4. The summed E-state index contributed by atoms with van der Waals surface area (Å²) in [6.45, 7) is 0. The van der Waals surface area contributed by atoms with Gasteiger partial charge in [0.1, 0.15) is 0 Å². The van der Waals surface area contributed by atoms with Gasteiger partial charge < -0.3 is 0 Å². The molecular formula is C14H10Br2F3N. The second-order valence-electron chi connectivity index (χ2n) is 4.26. The molecule has 0 bridgehead atoms. The van der Waals surface area contributed by atoms with Gasteiger partial charge in [0.2, 0.25) is 0 Å². The first-order chi connectivity index (χ1) is 9.38. The maximum atomic E-state index is 12.8. The summed E-state index contributed by atoms with van der Waals surface area (Å²) in [4.78, 5) is 3.71. The van der Waals surface area contributed by atoms with Gasteiger partial charge in [0.25, 0.3) is 0 Å². The average molecular weight is 409 g/mol.